The summed E-state index contributed by atoms with van der Waals surface area (Å²) >= 11 is 0. The lowest BCUT2D eigenvalue weighted by Crippen LogP contribution is -2.27. The van der Waals surface area contributed by atoms with Gasteiger partial charge in [0.2, 0.25) is 0 Å². The Morgan fingerprint density at radius 3 is 2.74 bits per heavy atom. The number of carboxylic acid groups (broad SMARTS) is 1. The molecule has 1 N–H and O–H groups in total. The first kappa shape index (κ1) is 13.9. The first-order valence-electron chi connectivity index (χ1n) is 7.06. The van der Waals surface area contributed by atoms with Gasteiger partial charge in [-0.25, -0.2) is 0 Å². The second-order valence-corrected chi connectivity index (χ2v) is 5.40. The molecule has 0 radical (unpaired) electrons. The van der Waals surface area contributed by atoms with Gasteiger partial charge in [0.05, 0.1) is 13.0 Å². The first-order chi connectivity index (χ1) is 9.20. The predicted molar refractivity (Wildman–Crippen MR) is 74.4 cm³/mol. The summed E-state index contributed by atoms with van der Waals surface area (Å²) in [7, 11) is 1.63. The van der Waals surface area contributed by atoms with Gasteiger partial charge in [0.15, 0.2) is 0 Å². The van der Waals surface area contributed by atoms with Crippen molar-refractivity contribution < 1.29 is 14.6 Å². The van der Waals surface area contributed by atoms with Crippen LogP contribution in [0.5, 0.6) is 5.75 Å². The van der Waals surface area contributed by atoms with Crippen LogP contribution in [0, 0.1) is 11.8 Å². The molecule has 0 heterocycles. The fourth-order valence-corrected chi connectivity index (χ4v) is 3.05. The molecule has 19 heavy (non-hydrogen) atoms. The summed E-state index contributed by atoms with van der Waals surface area (Å²) in [6.07, 6.45) is 6.32. The monoisotopic (exact) mass is 262 g/mol. The molecule has 0 aromatic heterocycles. The fourth-order valence-electron chi connectivity index (χ4n) is 3.05. The maximum absolute atomic E-state index is 11.5. The Morgan fingerprint density at radius 1 is 1.37 bits per heavy atom. The number of carboxylic acids is 1. The fraction of sp³-hybridized carbons (Fsp3) is 0.562. The zero-order valence-corrected chi connectivity index (χ0v) is 11.5. The van der Waals surface area contributed by atoms with Gasteiger partial charge in [-0.3, -0.25) is 4.79 Å². The van der Waals surface area contributed by atoms with Crippen LogP contribution in [0.4, 0.5) is 0 Å². The zero-order chi connectivity index (χ0) is 13.7. The molecule has 1 atom stereocenters. The van der Waals surface area contributed by atoms with E-state index in [4.69, 9.17) is 4.74 Å². The van der Waals surface area contributed by atoms with Crippen LogP contribution in [0.3, 0.4) is 0 Å². The van der Waals surface area contributed by atoms with Gasteiger partial charge in [0.25, 0.3) is 0 Å². The Bertz CT molecular complexity index is 422. The van der Waals surface area contributed by atoms with Crippen LogP contribution in [0.2, 0.25) is 0 Å². The quantitative estimate of drug-likeness (QED) is 0.883. The number of carbonyl (C=O) groups is 1. The third kappa shape index (κ3) is 3.72. The van der Waals surface area contributed by atoms with Crippen LogP contribution in [-0.4, -0.2) is 18.2 Å². The van der Waals surface area contributed by atoms with Gasteiger partial charge in [-0.2, -0.15) is 0 Å². The van der Waals surface area contributed by atoms with Crippen LogP contribution >= 0.6 is 0 Å². The highest BCUT2D eigenvalue weighted by Gasteiger charge is 2.29. The van der Waals surface area contributed by atoms with Gasteiger partial charge >= 0.3 is 5.97 Å². The van der Waals surface area contributed by atoms with Crippen molar-refractivity contribution in [2.45, 2.75) is 38.5 Å². The Labute approximate surface area is 114 Å². The summed E-state index contributed by atoms with van der Waals surface area (Å²) in [4.78, 5) is 11.5. The number of ether oxygens (including phenoxy) is 1. The largest absolute Gasteiger partial charge is 0.497 e. The molecule has 1 aromatic rings. The van der Waals surface area contributed by atoms with Gasteiger partial charge in [0.1, 0.15) is 5.75 Å². The van der Waals surface area contributed by atoms with Crippen molar-refractivity contribution in [3.8, 4) is 5.75 Å². The molecule has 1 aliphatic rings. The Balaban J connectivity index is 2.08. The Hall–Kier alpha value is -1.51. The van der Waals surface area contributed by atoms with Crippen molar-refractivity contribution in [3.63, 3.8) is 0 Å². The lowest BCUT2D eigenvalue weighted by atomic mass is 9.77. The van der Waals surface area contributed by atoms with Crippen LogP contribution < -0.4 is 4.74 Å². The molecule has 104 valence electrons. The van der Waals surface area contributed by atoms with Crippen molar-refractivity contribution in [3.05, 3.63) is 29.8 Å². The summed E-state index contributed by atoms with van der Waals surface area (Å²) in [5.41, 5.74) is 1.05. The second-order valence-electron chi connectivity index (χ2n) is 5.40. The maximum Gasteiger partial charge on any atom is 0.307 e. The molecule has 3 nitrogen and oxygen atoms in total. The first-order valence-corrected chi connectivity index (χ1v) is 7.06. The van der Waals surface area contributed by atoms with Crippen LogP contribution in [-0.2, 0) is 11.2 Å². The molecule has 1 aromatic carbocycles. The SMILES string of the molecule is COc1cccc(CC(C(=O)O)C2CCCCC2)c1. The van der Waals surface area contributed by atoms with Gasteiger partial charge in [0, 0.05) is 0 Å². The van der Waals surface area contributed by atoms with Gasteiger partial charge in [-0.1, -0.05) is 31.4 Å². The molecule has 3 heteroatoms. The molecule has 0 saturated heterocycles. The second kappa shape index (κ2) is 6.60. The van der Waals surface area contributed by atoms with E-state index in [0.29, 0.717) is 12.3 Å². The summed E-state index contributed by atoms with van der Waals surface area (Å²) in [6.45, 7) is 0. The predicted octanol–water partition coefficient (Wildman–Crippen LogP) is 3.52. The molecule has 2 rings (SSSR count). The van der Waals surface area contributed by atoms with E-state index >= 15 is 0 Å². The minimum atomic E-state index is -0.658. The lowest BCUT2D eigenvalue weighted by Gasteiger charge is -2.27. The van der Waals surface area contributed by atoms with Crippen LogP contribution in [0.25, 0.3) is 0 Å². The lowest BCUT2D eigenvalue weighted by molar-refractivity contribution is -0.144. The molecule has 0 aliphatic heterocycles. The molecule has 0 amide bonds. The molecule has 1 fully saturated rings. The number of benzene rings is 1. The molecule has 0 spiro atoms. The number of hydrogen-bond donors (Lipinski definition) is 1. The minimum Gasteiger partial charge on any atom is -0.497 e. The maximum atomic E-state index is 11.5. The summed E-state index contributed by atoms with van der Waals surface area (Å²) in [5.74, 6) is 0.213. The van der Waals surface area contributed by atoms with Crippen molar-refractivity contribution in [1.29, 1.82) is 0 Å². The van der Waals surface area contributed by atoms with Crippen molar-refractivity contribution in [1.82, 2.24) is 0 Å². The number of hydrogen-bond acceptors (Lipinski definition) is 2. The van der Waals surface area contributed by atoms with Crippen LogP contribution in [0.1, 0.15) is 37.7 Å². The van der Waals surface area contributed by atoms with E-state index < -0.39 is 5.97 Å². The third-order valence-corrected chi connectivity index (χ3v) is 4.13. The van der Waals surface area contributed by atoms with Crippen LogP contribution in [0.15, 0.2) is 24.3 Å². The minimum absolute atomic E-state index is 0.257. The highest BCUT2D eigenvalue weighted by atomic mass is 16.5. The highest BCUT2D eigenvalue weighted by molar-refractivity contribution is 5.70. The number of aliphatic carboxylic acids is 1. The smallest absolute Gasteiger partial charge is 0.307 e. The van der Waals surface area contributed by atoms with Gasteiger partial charge in [-0.05, 0) is 42.9 Å². The Kier molecular flexibility index (Phi) is 4.83. The summed E-state index contributed by atoms with van der Waals surface area (Å²) in [5, 5.41) is 9.48. The van der Waals surface area contributed by atoms with E-state index in [0.717, 1.165) is 24.2 Å². The van der Waals surface area contributed by atoms with Gasteiger partial charge < -0.3 is 9.84 Å². The molecular formula is C16H22O3. The van der Waals surface area contributed by atoms with Crippen molar-refractivity contribution >= 4 is 5.97 Å². The zero-order valence-electron chi connectivity index (χ0n) is 11.5. The van der Waals surface area contributed by atoms with E-state index in [2.05, 4.69) is 0 Å². The molecule has 1 unspecified atom stereocenters. The molecular weight excluding hydrogens is 240 g/mol. The van der Waals surface area contributed by atoms with E-state index in [1.807, 2.05) is 24.3 Å². The summed E-state index contributed by atoms with van der Waals surface area (Å²) in [6, 6.07) is 7.74. The van der Waals surface area contributed by atoms with E-state index in [-0.39, 0.29) is 5.92 Å². The topological polar surface area (TPSA) is 46.5 Å². The third-order valence-electron chi connectivity index (χ3n) is 4.13. The number of rotatable bonds is 5. The van der Waals surface area contributed by atoms with Crippen molar-refractivity contribution in [2.75, 3.05) is 7.11 Å². The Morgan fingerprint density at radius 2 is 2.11 bits per heavy atom. The highest BCUT2D eigenvalue weighted by Crippen LogP contribution is 2.32. The molecule has 0 bridgehead atoms. The van der Waals surface area contributed by atoms with E-state index in [1.165, 1.54) is 19.3 Å². The normalized spacial score (nSPS) is 17.9. The summed E-state index contributed by atoms with van der Waals surface area (Å²) < 4.78 is 5.19. The van der Waals surface area contributed by atoms with Crippen molar-refractivity contribution in [2.24, 2.45) is 11.8 Å². The molecule has 1 aliphatic carbocycles. The average molecular weight is 262 g/mol. The van der Waals surface area contributed by atoms with E-state index in [9.17, 15) is 9.90 Å². The molecule has 1 saturated carbocycles. The van der Waals surface area contributed by atoms with E-state index in [1.54, 1.807) is 7.11 Å². The van der Waals surface area contributed by atoms with Gasteiger partial charge in [-0.15, -0.1) is 0 Å². The standard InChI is InChI=1S/C16H22O3/c1-19-14-9-5-6-12(10-14)11-15(16(17)18)13-7-3-2-4-8-13/h5-6,9-10,13,15H,2-4,7-8,11H2,1H3,(H,17,18). The number of methoxy groups -OCH3 is 1. The average Bonchev–Trinajstić information content (AvgIpc) is 2.45.